The monoisotopic (exact) mass is 240 g/mol. The molecular formula is C13H25BO3. The second-order valence-corrected chi connectivity index (χ2v) is 5.81. The van der Waals surface area contributed by atoms with Gasteiger partial charge in [0.05, 0.1) is 6.10 Å². The van der Waals surface area contributed by atoms with Gasteiger partial charge in [-0.3, -0.25) is 0 Å². The summed E-state index contributed by atoms with van der Waals surface area (Å²) in [6.07, 6.45) is 8.27. The summed E-state index contributed by atoms with van der Waals surface area (Å²) in [5.41, 5.74) is 0. The standard InChI is InChI=1S/C13H25BO3/c1-2-10-3-8-13(17-9-10)11-4-6-12(7-5-11)14(15)16/h10-13,15-16H,2-9H2,1H3. The molecule has 1 aliphatic heterocycles. The second-order valence-electron chi connectivity index (χ2n) is 5.81. The second kappa shape index (κ2) is 6.21. The van der Waals surface area contributed by atoms with E-state index >= 15 is 0 Å². The lowest BCUT2D eigenvalue weighted by Gasteiger charge is -2.37. The average molecular weight is 240 g/mol. The number of ether oxygens (including phenoxy) is 1. The topological polar surface area (TPSA) is 49.7 Å². The molecule has 2 aliphatic rings. The molecule has 2 unspecified atom stereocenters. The molecule has 4 heteroatoms. The molecule has 0 bridgehead atoms. The van der Waals surface area contributed by atoms with Gasteiger partial charge in [0, 0.05) is 6.61 Å². The first kappa shape index (κ1) is 13.4. The minimum absolute atomic E-state index is 0.0956. The summed E-state index contributed by atoms with van der Waals surface area (Å²) < 4.78 is 5.99. The van der Waals surface area contributed by atoms with Crippen LogP contribution in [0.25, 0.3) is 0 Å². The summed E-state index contributed by atoms with van der Waals surface area (Å²) in [4.78, 5) is 0. The third-order valence-electron chi connectivity index (χ3n) is 4.75. The highest BCUT2D eigenvalue weighted by Crippen LogP contribution is 2.38. The molecule has 17 heavy (non-hydrogen) atoms. The summed E-state index contributed by atoms with van der Waals surface area (Å²) >= 11 is 0. The van der Waals surface area contributed by atoms with Crippen LogP contribution >= 0.6 is 0 Å². The minimum atomic E-state index is -1.12. The quantitative estimate of drug-likeness (QED) is 0.743. The Kier molecular flexibility index (Phi) is 4.89. The van der Waals surface area contributed by atoms with Gasteiger partial charge in [0.15, 0.2) is 0 Å². The van der Waals surface area contributed by atoms with E-state index in [1.54, 1.807) is 0 Å². The van der Waals surface area contributed by atoms with E-state index < -0.39 is 7.12 Å². The van der Waals surface area contributed by atoms with Crippen LogP contribution in [0.2, 0.25) is 5.82 Å². The molecule has 1 saturated heterocycles. The van der Waals surface area contributed by atoms with Crippen molar-refractivity contribution in [3.8, 4) is 0 Å². The maximum Gasteiger partial charge on any atom is 0.454 e. The highest BCUT2D eigenvalue weighted by atomic mass is 16.5. The van der Waals surface area contributed by atoms with E-state index in [1.807, 2.05) is 0 Å². The molecule has 0 aromatic rings. The van der Waals surface area contributed by atoms with Gasteiger partial charge in [0.25, 0.3) is 0 Å². The van der Waals surface area contributed by atoms with Crippen LogP contribution < -0.4 is 0 Å². The van der Waals surface area contributed by atoms with Crippen LogP contribution in [0.5, 0.6) is 0 Å². The maximum absolute atomic E-state index is 9.16. The lowest BCUT2D eigenvalue weighted by molar-refractivity contribution is -0.0559. The Morgan fingerprint density at radius 2 is 1.76 bits per heavy atom. The van der Waals surface area contributed by atoms with Crippen molar-refractivity contribution in [3.63, 3.8) is 0 Å². The van der Waals surface area contributed by atoms with Crippen molar-refractivity contribution in [3.05, 3.63) is 0 Å². The highest BCUT2D eigenvalue weighted by Gasteiger charge is 2.34. The fourth-order valence-corrected chi connectivity index (χ4v) is 3.33. The van der Waals surface area contributed by atoms with Crippen LogP contribution in [0.3, 0.4) is 0 Å². The molecule has 0 spiro atoms. The molecule has 2 rings (SSSR count). The third kappa shape index (κ3) is 3.46. The van der Waals surface area contributed by atoms with Crippen molar-refractivity contribution < 1.29 is 14.8 Å². The van der Waals surface area contributed by atoms with Crippen molar-refractivity contribution in [2.24, 2.45) is 11.8 Å². The summed E-state index contributed by atoms with van der Waals surface area (Å²) in [6, 6.07) is 0. The Balaban J connectivity index is 1.74. The number of rotatable bonds is 3. The first-order valence-electron chi connectivity index (χ1n) is 7.18. The summed E-state index contributed by atoms with van der Waals surface area (Å²) in [5.74, 6) is 1.52. The zero-order chi connectivity index (χ0) is 12.3. The number of hydrogen-bond acceptors (Lipinski definition) is 3. The normalized spacial score (nSPS) is 39.0. The smallest absolute Gasteiger partial charge is 0.427 e. The van der Waals surface area contributed by atoms with Gasteiger partial charge < -0.3 is 14.8 Å². The molecular weight excluding hydrogens is 215 g/mol. The summed E-state index contributed by atoms with van der Waals surface area (Å²) in [6.45, 7) is 3.17. The van der Waals surface area contributed by atoms with E-state index in [9.17, 15) is 0 Å². The van der Waals surface area contributed by atoms with E-state index in [2.05, 4.69) is 6.92 Å². The minimum Gasteiger partial charge on any atom is -0.427 e. The molecule has 0 amide bonds. The summed E-state index contributed by atoms with van der Waals surface area (Å²) in [7, 11) is -1.12. The summed E-state index contributed by atoms with van der Waals surface area (Å²) in [5, 5.41) is 18.3. The van der Waals surface area contributed by atoms with Gasteiger partial charge in [-0.1, -0.05) is 26.2 Å². The Morgan fingerprint density at radius 1 is 1.06 bits per heavy atom. The Labute approximate surface area is 105 Å². The zero-order valence-electron chi connectivity index (χ0n) is 10.8. The van der Waals surface area contributed by atoms with Crippen molar-refractivity contribution in [1.82, 2.24) is 0 Å². The van der Waals surface area contributed by atoms with E-state index in [1.165, 1.54) is 19.3 Å². The molecule has 1 heterocycles. The fourth-order valence-electron chi connectivity index (χ4n) is 3.33. The van der Waals surface area contributed by atoms with Gasteiger partial charge >= 0.3 is 7.12 Å². The Bertz CT molecular complexity index is 219. The lowest BCUT2D eigenvalue weighted by atomic mass is 9.62. The molecule has 1 saturated carbocycles. The Hall–Kier alpha value is -0.0551. The zero-order valence-corrected chi connectivity index (χ0v) is 10.8. The van der Waals surface area contributed by atoms with Crippen molar-refractivity contribution in [2.45, 2.75) is 63.8 Å². The van der Waals surface area contributed by atoms with Gasteiger partial charge in [-0.25, -0.2) is 0 Å². The predicted molar refractivity (Wildman–Crippen MR) is 68.7 cm³/mol. The van der Waals surface area contributed by atoms with Gasteiger partial charge in [-0.2, -0.15) is 0 Å². The van der Waals surface area contributed by atoms with Gasteiger partial charge in [0.1, 0.15) is 0 Å². The molecule has 3 nitrogen and oxygen atoms in total. The van der Waals surface area contributed by atoms with Crippen LogP contribution in [0.4, 0.5) is 0 Å². The van der Waals surface area contributed by atoms with Crippen LogP contribution in [-0.4, -0.2) is 29.9 Å². The Morgan fingerprint density at radius 3 is 2.24 bits per heavy atom. The molecule has 0 aromatic carbocycles. The predicted octanol–water partition coefficient (Wildman–Crippen LogP) is 2.22. The molecule has 2 N–H and O–H groups in total. The molecule has 2 fully saturated rings. The number of hydrogen-bond donors (Lipinski definition) is 2. The van der Waals surface area contributed by atoms with E-state index in [-0.39, 0.29) is 5.82 Å². The van der Waals surface area contributed by atoms with Crippen LogP contribution in [0, 0.1) is 11.8 Å². The molecule has 0 radical (unpaired) electrons. The lowest BCUT2D eigenvalue weighted by Crippen LogP contribution is -2.35. The largest absolute Gasteiger partial charge is 0.454 e. The maximum atomic E-state index is 9.16. The third-order valence-corrected chi connectivity index (χ3v) is 4.75. The van der Waals surface area contributed by atoms with Crippen molar-refractivity contribution in [1.29, 1.82) is 0 Å². The highest BCUT2D eigenvalue weighted by molar-refractivity contribution is 6.43. The average Bonchev–Trinajstić information content (AvgIpc) is 2.39. The van der Waals surface area contributed by atoms with Crippen LogP contribution in [0.15, 0.2) is 0 Å². The van der Waals surface area contributed by atoms with Gasteiger partial charge in [-0.05, 0) is 43.3 Å². The van der Waals surface area contributed by atoms with Crippen molar-refractivity contribution in [2.75, 3.05) is 6.61 Å². The van der Waals surface area contributed by atoms with Crippen molar-refractivity contribution >= 4 is 7.12 Å². The molecule has 2 atom stereocenters. The molecule has 0 aromatic heterocycles. The van der Waals surface area contributed by atoms with Gasteiger partial charge in [-0.15, -0.1) is 0 Å². The molecule has 1 aliphatic carbocycles. The molecule has 98 valence electrons. The van der Waals surface area contributed by atoms with Crippen LogP contribution in [0.1, 0.15) is 51.9 Å². The van der Waals surface area contributed by atoms with E-state index in [0.717, 1.165) is 38.2 Å². The van der Waals surface area contributed by atoms with Crippen LogP contribution in [-0.2, 0) is 4.74 Å². The SMILES string of the molecule is CCC1CCC(C2CCC(B(O)O)CC2)OC1. The fraction of sp³-hybridized carbons (Fsp3) is 1.00. The van der Waals surface area contributed by atoms with E-state index in [4.69, 9.17) is 14.8 Å². The first-order chi connectivity index (χ1) is 8.20. The van der Waals surface area contributed by atoms with E-state index in [0.29, 0.717) is 12.0 Å². The first-order valence-corrected chi connectivity index (χ1v) is 7.18. The van der Waals surface area contributed by atoms with Gasteiger partial charge in [0.2, 0.25) is 0 Å².